The van der Waals surface area contributed by atoms with E-state index in [4.69, 9.17) is 39.5 Å². The van der Waals surface area contributed by atoms with Gasteiger partial charge < -0.3 is 9.84 Å². The van der Waals surface area contributed by atoms with Crippen molar-refractivity contribution in [2.24, 2.45) is 0 Å². The minimum absolute atomic E-state index is 0.0596. The minimum atomic E-state index is -1.73. The topological polar surface area (TPSA) is 46.5 Å². The summed E-state index contributed by atoms with van der Waals surface area (Å²) < 4.78 is 3.92. The number of halogens is 3. The Bertz CT molecular complexity index is 657. The van der Waals surface area contributed by atoms with E-state index in [0.717, 1.165) is 5.56 Å². The van der Waals surface area contributed by atoms with E-state index in [2.05, 4.69) is 0 Å². The molecule has 25 heavy (non-hydrogen) atoms. The van der Waals surface area contributed by atoms with Crippen LogP contribution >= 0.6 is 34.8 Å². The van der Waals surface area contributed by atoms with Gasteiger partial charge in [-0.2, -0.15) is 0 Å². The summed E-state index contributed by atoms with van der Waals surface area (Å²) in [5.74, 6) is -0.235. The van der Waals surface area contributed by atoms with Crippen LogP contribution < -0.4 is 0 Å². The molecule has 0 fully saturated rings. The maximum absolute atomic E-state index is 12.3. The molecule has 0 amide bonds. The summed E-state index contributed by atoms with van der Waals surface area (Å²) in [4.78, 5) is 12.3. The molecule has 3 nitrogen and oxygen atoms in total. The van der Waals surface area contributed by atoms with Crippen molar-refractivity contribution in [3.8, 4) is 0 Å². The number of aliphatic hydroxyl groups is 1. The number of carbonyl (C=O) groups is 1. The normalized spacial score (nSPS) is 14.1. The second kappa shape index (κ2) is 9.56. The maximum Gasteiger partial charge on any atom is 0.216 e. The van der Waals surface area contributed by atoms with E-state index in [9.17, 15) is 9.90 Å². The predicted octanol–water partition coefficient (Wildman–Crippen LogP) is 5.02. The Morgan fingerprint density at radius 3 is 2.08 bits per heavy atom. The molecule has 0 aliphatic carbocycles. The average Bonchev–Trinajstić information content (AvgIpc) is 2.59. The van der Waals surface area contributed by atoms with Crippen LogP contribution in [0.3, 0.4) is 0 Å². The van der Waals surface area contributed by atoms with Gasteiger partial charge in [-0.05, 0) is 11.1 Å². The number of carbonyl (C=O) groups excluding carboxylic acids is 1. The number of aliphatic hydroxyl groups excluding tert-OH is 1. The third kappa shape index (κ3) is 6.96. The van der Waals surface area contributed by atoms with Crippen molar-refractivity contribution < 1.29 is 14.6 Å². The van der Waals surface area contributed by atoms with Crippen molar-refractivity contribution >= 4 is 40.6 Å². The van der Waals surface area contributed by atoms with E-state index in [0.29, 0.717) is 5.56 Å². The third-order valence-electron chi connectivity index (χ3n) is 3.68. The highest BCUT2D eigenvalue weighted by Gasteiger charge is 2.35. The van der Waals surface area contributed by atoms with Gasteiger partial charge in [0.05, 0.1) is 12.7 Å². The lowest BCUT2D eigenvalue weighted by Crippen LogP contribution is -2.31. The average molecular weight is 402 g/mol. The highest BCUT2D eigenvalue weighted by Crippen LogP contribution is 2.35. The van der Waals surface area contributed by atoms with Crippen molar-refractivity contribution in [1.82, 2.24) is 0 Å². The molecule has 2 atom stereocenters. The Labute approximate surface area is 162 Å². The number of ether oxygens (including phenoxy) is 1. The first kappa shape index (κ1) is 20.2. The zero-order chi connectivity index (χ0) is 18.3. The monoisotopic (exact) mass is 400 g/mol. The standard InChI is InChI=1S/C19H19Cl3O3/c20-19(21,22)18(25-13-14-7-3-1-4-8-14)12-16(23)11-17(24)15-9-5-2-6-10-15/h1-10,17-18,24H,11-13H2/t17-,18+/m1/s1. The molecule has 1 N–H and O–H groups in total. The first-order chi connectivity index (χ1) is 11.9. The highest BCUT2D eigenvalue weighted by molar-refractivity contribution is 6.68. The quantitative estimate of drug-likeness (QED) is 0.631. The Kier molecular flexibility index (Phi) is 7.73. The summed E-state index contributed by atoms with van der Waals surface area (Å²) in [6.07, 6.45) is -1.93. The van der Waals surface area contributed by atoms with E-state index in [1.54, 1.807) is 24.3 Å². The number of hydrogen-bond acceptors (Lipinski definition) is 3. The van der Waals surface area contributed by atoms with Crippen molar-refractivity contribution in [1.29, 1.82) is 0 Å². The summed E-state index contributed by atoms with van der Waals surface area (Å²) in [6, 6.07) is 18.4. The fourth-order valence-corrected chi connectivity index (χ4v) is 2.76. The summed E-state index contributed by atoms with van der Waals surface area (Å²) in [6.45, 7) is 0.230. The molecule has 0 saturated carbocycles. The largest absolute Gasteiger partial charge is 0.388 e. The summed E-state index contributed by atoms with van der Waals surface area (Å²) >= 11 is 17.9. The van der Waals surface area contributed by atoms with Crippen molar-refractivity contribution in [3.63, 3.8) is 0 Å². The smallest absolute Gasteiger partial charge is 0.216 e. The summed E-state index contributed by atoms with van der Waals surface area (Å²) in [7, 11) is 0. The van der Waals surface area contributed by atoms with Crippen molar-refractivity contribution in [2.75, 3.05) is 0 Å². The first-order valence-corrected chi connectivity index (χ1v) is 8.96. The van der Waals surface area contributed by atoms with Gasteiger partial charge in [0.25, 0.3) is 0 Å². The van der Waals surface area contributed by atoms with E-state index >= 15 is 0 Å². The van der Waals surface area contributed by atoms with Crippen LogP contribution in [0.1, 0.15) is 30.1 Å². The Morgan fingerprint density at radius 1 is 0.960 bits per heavy atom. The van der Waals surface area contributed by atoms with Gasteiger partial charge in [-0.1, -0.05) is 95.5 Å². The number of hydrogen-bond donors (Lipinski definition) is 1. The van der Waals surface area contributed by atoms with Crippen molar-refractivity contribution in [2.45, 2.75) is 35.4 Å². The van der Waals surface area contributed by atoms with Gasteiger partial charge in [-0.3, -0.25) is 4.79 Å². The molecule has 2 aromatic carbocycles. The van der Waals surface area contributed by atoms with Crippen LogP contribution in [0.15, 0.2) is 60.7 Å². The van der Waals surface area contributed by atoms with Crippen LogP contribution in [0, 0.1) is 0 Å². The van der Waals surface area contributed by atoms with Crippen LogP contribution in [0.4, 0.5) is 0 Å². The van der Waals surface area contributed by atoms with Crippen LogP contribution in [-0.4, -0.2) is 20.8 Å². The predicted molar refractivity (Wildman–Crippen MR) is 101 cm³/mol. The lowest BCUT2D eigenvalue weighted by Gasteiger charge is -2.24. The van der Waals surface area contributed by atoms with E-state index in [-0.39, 0.29) is 25.2 Å². The SMILES string of the molecule is O=C(C[C@@H](O)c1ccccc1)C[C@H](OCc1ccccc1)C(Cl)(Cl)Cl. The lowest BCUT2D eigenvalue weighted by atomic mass is 10.0. The van der Waals surface area contributed by atoms with Gasteiger partial charge >= 0.3 is 0 Å². The van der Waals surface area contributed by atoms with E-state index in [1.165, 1.54) is 0 Å². The van der Waals surface area contributed by atoms with Gasteiger partial charge in [0, 0.05) is 12.8 Å². The summed E-state index contributed by atoms with van der Waals surface area (Å²) in [5.41, 5.74) is 1.59. The van der Waals surface area contributed by atoms with E-state index in [1.807, 2.05) is 36.4 Å². The molecule has 0 spiro atoms. The van der Waals surface area contributed by atoms with Crippen molar-refractivity contribution in [3.05, 3.63) is 71.8 Å². The molecule has 0 unspecified atom stereocenters. The van der Waals surface area contributed by atoms with Gasteiger partial charge in [0.1, 0.15) is 11.9 Å². The van der Waals surface area contributed by atoms with E-state index < -0.39 is 16.0 Å². The maximum atomic E-state index is 12.3. The zero-order valence-electron chi connectivity index (χ0n) is 13.4. The number of Topliss-reactive ketones (excluding diaryl/α,β-unsaturated/α-hetero) is 1. The molecule has 2 rings (SSSR count). The molecule has 0 aliphatic rings. The second-order valence-corrected chi connectivity index (χ2v) is 8.07. The molecule has 0 radical (unpaired) electrons. The number of alkyl halides is 3. The second-order valence-electron chi connectivity index (χ2n) is 5.70. The van der Waals surface area contributed by atoms with Gasteiger partial charge in [-0.15, -0.1) is 0 Å². The van der Waals surface area contributed by atoms with Crippen LogP contribution in [-0.2, 0) is 16.1 Å². The number of rotatable bonds is 8. The fourth-order valence-electron chi connectivity index (χ4n) is 2.34. The molecule has 134 valence electrons. The van der Waals surface area contributed by atoms with Gasteiger partial charge in [0.15, 0.2) is 0 Å². The molecule has 0 saturated heterocycles. The molecule has 6 heteroatoms. The minimum Gasteiger partial charge on any atom is -0.388 e. The third-order valence-corrected chi connectivity index (χ3v) is 4.41. The molecule has 0 aromatic heterocycles. The Hall–Kier alpha value is -1.10. The lowest BCUT2D eigenvalue weighted by molar-refractivity contribution is -0.124. The van der Waals surface area contributed by atoms with Crippen LogP contribution in [0.25, 0.3) is 0 Å². The van der Waals surface area contributed by atoms with Crippen LogP contribution in [0.2, 0.25) is 0 Å². The van der Waals surface area contributed by atoms with Crippen LogP contribution in [0.5, 0.6) is 0 Å². The molecule has 0 bridgehead atoms. The first-order valence-electron chi connectivity index (χ1n) is 7.83. The summed E-state index contributed by atoms with van der Waals surface area (Å²) in [5, 5.41) is 10.2. The molecule has 0 aliphatic heterocycles. The molecular formula is C19H19Cl3O3. The number of benzene rings is 2. The highest BCUT2D eigenvalue weighted by atomic mass is 35.6. The van der Waals surface area contributed by atoms with Gasteiger partial charge in [-0.25, -0.2) is 0 Å². The van der Waals surface area contributed by atoms with Gasteiger partial charge in [0.2, 0.25) is 3.79 Å². The zero-order valence-corrected chi connectivity index (χ0v) is 15.7. The Morgan fingerprint density at radius 2 is 1.52 bits per heavy atom. The molecule has 0 heterocycles. The number of ketones is 1. The molecule has 2 aromatic rings. The molecular weight excluding hydrogens is 383 g/mol. The Balaban J connectivity index is 1.93. The fraction of sp³-hybridized carbons (Fsp3) is 0.316.